The Morgan fingerprint density at radius 1 is 0.636 bits per heavy atom. The molecular weight excluding hydrogens is 448 g/mol. The third kappa shape index (κ3) is 6.50. The molecule has 2 aromatic rings. The molecule has 0 aliphatic carbocycles. The van der Waals surface area contributed by atoms with Gasteiger partial charge in [0.1, 0.15) is 11.5 Å². The molecule has 0 spiro atoms. The van der Waals surface area contributed by atoms with Crippen molar-refractivity contribution >= 4 is 32.8 Å². The molecule has 172 valence electrons. The summed E-state index contributed by atoms with van der Waals surface area (Å²) >= 11 is 0. The number of carbonyl (C=O) groups is 2. The van der Waals surface area contributed by atoms with Gasteiger partial charge in [-0.3, -0.25) is 9.59 Å². The molecule has 0 saturated carbocycles. The monoisotopic (exact) mass is 470 g/mol. The zero-order valence-electron chi connectivity index (χ0n) is 18.3. The number of sulfone groups is 1. The number of ketones is 2. The molecule has 2 N–H and O–H groups in total. The van der Waals surface area contributed by atoms with Crippen LogP contribution >= 0.6 is 0 Å². The number of allylic oxidation sites excluding steroid dienone is 4. The van der Waals surface area contributed by atoms with Crippen LogP contribution in [0, 0.1) is 0 Å². The van der Waals surface area contributed by atoms with Crippen molar-refractivity contribution in [2.45, 2.75) is 37.5 Å². The first-order chi connectivity index (χ1) is 15.4. The van der Waals surface area contributed by atoms with Crippen LogP contribution in [-0.4, -0.2) is 30.2 Å². The third-order valence-electron chi connectivity index (χ3n) is 4.18. The molecule has 0 fully saturated rings. The van der Waals surface area contributed by atoms with Crippen LogP contribution in [0.3, 0.4) is 0 Å². The lowest BCUT2D eigenvalue weighted by molar-refractivity contribution is -0.114. The molecular formula is C22H22N4O6S. The van der Waals surface area contributed by atoms with Crippen molar-refractivity contribution in [3.63, 3.8) is 0 Å². The number of azo groups is 2. The van der Waals surface area contributed by atoms with Crippen molar-refractivity contribution in [3.05, 3.63) is 71.4 Å². The number of Topliss-reactive ketones (excluding diaryl/α,β-unsaturated/α-hetero) is 2. The van der Waals surface area contributed by atoms with Crippen molar-refractivity contribution in [2.24, 2.45) is 20.5 Å². The predicted octanol–water partition coefficient (Wildman–Crippen LogP) is 5.44. The van der Waals surface area contributed by atoms with Crippen molar-refractivity contribution in [2.75, 3.05) is 0 Å². The zero-order valence-corrected chi connectivity index (χ0v) is 19.2. The van der Waals surface area contributed by atoms with E-state index >= 15 is 0 Å². The minimum absolute atomic E-state index is 0.00852. The number of aliphatic hydroxyl groups excluding tert-OH is 2. The Bertz CT molecular complexity index is 1190. The van der Waals surface area contributed by atoms with Gasteiger partial charge in [-0.15, -0.1) is 10.2 Å². The van der Waals surface area contributed by atoms with Crippen LogP contribution in [0.25, 0.3) is 0 Å². The Morgan fingerprint density at radius 3 is 1.18 bits per heavy atom. The maximum absolute atomic E-state index is 12.9. The summed E-state index contributed by atoms with van der Waals surface area (Å²) in [6, 6.07) is 11.0. The van der Waals surface area contributed by atoms with Gasteiger partial charge < -0.3 is 10.2 Å². The molecule has 0 bridgehead atoms. The van der Waals surface area contributed by atoms with E-state index in [-0.39, 0.29) is 32.7 Å². The highest BCUT2D eigenvalue weighted by Gasteiger charge is 2.17. The average molecular weight is 471 g/mol. The first-order valence-electron chi connectivity index (χ1n) is 9.53. The molecule has 0 amide bonds. The molecule has 0 aliphatic heterocycles. The van der Waals surface area contributed by atoms with Gasteiger partial charge in [0.05, 0.1) is 21.2 Å². The number of hydrogen-bond donors (Lipinski definition) is 2. The number of hydrogen-bond acceptors (Lipinski definition) is 10. The fourth-order valence-corrected chi connectivity index (χ4v) is 3.79. The van der Waals surface area contributed by atoms with E-state index in [1.54, 1.807) is 0 Å². The van der Waals surface area contributed by atoms with Gasteiger partial charge in [-0.05, 0) is 62.4 Å². The van der Waals surface area contributed by atoms with E-state index in [9.17, 15) is 28.2 Å². The first kappa shape index (κ1) is 25.3. The molecule has 0 radical (unpaired) electrons. The minimum Gasteiger partial charge on any atom is -0.510 e. The Morgan fingerprint density at radius 2 is 0.939 bits per heavy atom. The molecule has 10 nitrogen and oxygen atoms in total. The number of rotatable bonds is 8. The van der Waals surface area contributed by atoms with Gasteiger partial charge in [0.2, 0.25) is 9.84 Å². The summed E-state index contributed by atoms with van der Waals surface area (Å²) < 4.78 is 25.7. The molecule has 0 aliphatic rings. The highest BCUT2D eigenvalue weighted by Crippen LogP contribution is 2.26. The fourth-order valence-electron chi connectivity index (χ4n) is 2.53. The highest BCUT2D eigenvalue weighted by atomic mass is 32.2. The van der Waals surface area contributed by atoms with Crippen molar-refractivity contribution in [1.82, 2.24) is 0 Å². The maximum atomic E-state index is 12.9. The van der Waals surface area contributed by atoms with E-state index in [2.05, 4.69) is 20.5 Å². The number of aliphatic hydroxyl groups is 2. The van der Waals surface area contributed by atoms with E-state index < -0.39 is 21.4 Å². The summed E-state index contributed by atoms with van der Waals surface area (Å²) in [5.74, 6) is -1.45. The van der Waals surface area contributed by atoms with Gasteiger partial charge in [0.25, 0.3) is 0 Å². The second kappa shape index (κ2) is 10.6. The van der Waals surface area contributed by atoms with Crippen LogP contribution in [0.2, 0.25) is 0 Å². The van der Waals surface area contributed by atoms with Gasteiger partial charge >= 0.3 is 0 Å². The molecule has 11 heteroatoms. The van der Waals surface area contributed by atoms with E-state index in [4.69, 9.17) is 0 Å². The van der Waals surface area contributed by atoms with E-state index in [0.717, 1.165) is 0 Å². The molecule has 0 atom stereocenters. The fraction of sp³-hybridized carbons (Fsp3) is 0.182. The number of nitrogens with zero attached hydrogens (tertiary/aromatic N) is 4. The van der Waals surface area contributed by atoms with E-state index in [1.807, 2.05) is 0 Å². The Kier molecular flexibility index (Phi) is 8.08. The van der Waals surface area contributed by atoms with Gasteiger partial charge in [-0.2, -0.15) is 10.2 Å². The van der Waals surface area contributed by atoms with Crippen LogP contribution in [0.4, 0.5) is 11.4 Å². The van der Waals surface area contributed by atoms with Crippen molar-refractivity contribution in [3.8, 4) is 0 Å². The molecule has 33 heavy (non-hydrogen) atoms. The average Bonchev–Trinajstić information content (AvgIpc) is 2.73. The number of benzene rings is 2. The third-order valence-corrected chi connectivity index (χ3v) is 5.96. The largest absolute Gasteiger partial charge is 0.510 e. The lowest BCUT2D eigenvalue weighted by Crippen LogP contribution is -2.01. The van der Waals surface area contributed by atoms with Gasteiger partial charge in [-0.1, -0.05) is 0 Å². The Labute approximate surface area is 190 Å². The molecule has 2 rings (SSSR count). The highest BCUT2D eigenvalue weighted by molar-refractivity contribution is 7.91. The van der Waals surface area contributed by atoms with Gasteiger partial charge in [0.15, 0.2) is 23.0 Å². The van der Waals surface area contributed by atoms with Crippen molar-refractivity contribution < 1.29 is 28.2 Å². The quantitative estimate of drug-likeness (QED) is 0.297. The molecule has 0 saturated heterocycles. The standard InChI is InChI=1S/C22H22N4O6S/c1-13(27)21(14(2)28)25-23-17-5-9-19(10-6-17)33(31,32)20-11-7-18(8-12-20)24-26-22(15(3)29)16(4)30/h5-12,27,29H,1-4H3/b21-13-,22-15-,25-23?,26-24?. The Balaban J connectivity index is 2.25. The Hall–Kier alpha value is -3.99. The van der Waals surface area contributed by atoms with E-state index in [1.165, 1.54) is 76.2 Å². The van der Waals surface area contributed by atoms with Crippen LogP contribution in [0.5, 0.6) is 0 Å². The van der Waals surface area contributed by atoms with Crippen LogP contribution in [0.1, 0.15) is 27.7 Å². The van der Waals surface area contributed by atoms with Crippen LogP contribution in [0.15, 0.2) is 102 Å². The minimum atomic E-state index is -3.84. The molecule has 2 aromatic carbocycles. The molecule has 0 unspecified atom stereocenters. The smallest absolute Gasteiger partial charge is 0.206 e. The first-order valence-corrected chi connectivity index (χ1v) is 11.0. The SMILES string of the molecule is CC(=O)/C(N=Nc1ccc(S(=O)(=O)c2ccc(N=N/C(C(C)=O)=C(/C)O)cc2)cc1)=C(\C)O. The van der Waals surface area contributed by atoms with Gasteiger partial charge in [-0.25, -0.2) is 8.42 Å². The summed E-state index contributed by atoms with van der Waals surface area (Å²) in [7, 11) is -3.84. The van der Waals surface area contributed by atoms with E-state index in [0.29, 0.717) is 11.4 Å². The maximum Gasteiger partial charge on any atom is 0.206 e. The zero-order chi connectivity index (χ0) is 24.8. The molecule has 0 heterocycles. The van der Waals surface area contributed by atoms with Crippen LogP contribution in [-0.2, 0) is 19.4 Å². The van der Waals surface area contributed by atoms with Crippen molar-refractivity contribution in [1.29, 1.82) is 0 Å². The lowest BCUT2D eigenvalue weighted by atomic mass is 10.3. The summed E-state index contributed by atoms with van der Waals surface area (Å²) in [6.07, 6.45) is 0. The summed E-state index contributed by atoms with van der Waals surface area (Å²) in [5.41, 5.74) is 0.199. The summed E-state index contributed by atoms with van der Waals surface area (Å²) in [4.78, 5) is 22.8. The summed E-state index contributed by atoms with van der Waals surface area (Å²) in [6.45, 7) is 5.10. The number of carbonyl (C=O) groups excluding carboxylic acids is 2. The lowest BCUT2D eigenvalue weighted by Gasteiger charge is -2.05. The second-order valence-electron chi connectivity index (χ2n) is 6.87. The topological polar surface area (TPSA) is 158 Å². The summed E-state index contributed by atoms with van der Waals surface area (Å²) in [5, 5.41) is 34.0. The second-order valence-corrected chi connectivity index (χ2v) is 8.82. The normalized spacial score (nSPS) is 13.7. The predicted molar refractivity (Wildman–Crippen MR) is 119 cm³/mol. The van der Waals surface area contributed by atoms with Gasteiger partial charge in [0, 0.05) is 13.8 Å². The van der Waals surface area contributed by atoms with Crippen LogP contribution < -0.4 is 0 Å². The molecule has 0 aromatic heterocycles.